The Morgan fingerprint density at radius 2 is 1.38 bits per heavy atom. The number of phenolic OH excluding ortho intramolecular Hbond substituents is 2. The molecule has 1 heterocycles. The highest BCUT2D eigenvalue weighted by atomic mass is 16.5. The van der Waals surface area contributed by atoms with Crippen molar-refractivity contribution in [1.82, 2.24) is 4.98 Å². The van der Waals surface area contributed by atoms with Gasteiger partial charge in [0.1, 0.15) is 11.5 Å². The molecule has 6 N–H and O–H groups in total. The first kappa shape index (κ1) is 16.2. The molecule has 21 heavy (non-hydrogen) atoms. The minimum atomic E-state index is 0.134. The summed E-state index contributed by atoms with van der Waals surface area (Å²) in [5.74, 6) is 0.909. The van der Waals surface area contributed by atoms with Crippen molar-refractivity contribution < 1.29 is 19.7 Å². The summed E-state index contributed by atoms with van der Waals surface area (Å²) < 4.78 is 9.74. The summed E-state index contributed by atoms with van der Waals surface area (Å²) in [4.78, 5) is 3.91. The maximum Gasteiger partial charge on any atom is 0.240 e. The number of anilines is 2. The van der Waals surface area contributed by atoms with Gasteiger partial charge in [-0.3, -0.25) is 0 Å². The molecule has 0 saturated heterocycles. The Kier molecular flexibility index (Phi) is 5.48. The molecule has 0 aliphatic rings. The lowest BCUT2D eigenvalue weighted by Gasteiger charge is -2.07. The lowest BCUT2D eigenvalue weighted by Crippen LogP contribution is -2.01. The topological polar surface area (TPSA) is 124 Å². The molecule has 0 aliphatic carbocycles. The molecule has 114 valence electrons. The van der Waals surface area contributed by atoms with Crippen LogP contribution < -0.4 is 20.9 Å². The van der Waals surface area contributed by atoms with Crippen LogP contribution in [0.5, 0.6) is 23.3 Å². The Morgan fingerprint density at radius 3 is 1.71 bits per heavy atom. The lowest BCUT2D eigenvalue weighted by atomic mass is 10.2. The zero-order valence-electron chi connectivity index (χ0n) is 12.1. The van der Waals surface area contributed by atoms with Crippen LogP contribution in [0.4, 0.5) is 11.4 Å². The van der Waals surface area contributed by atoms with Crippen LogP contribution in [0, 0.1) is 6.92 Å². The molecule has 0 atom stereocenters. The van der Waals surface area contributed by atoms with E-state index in [1.54, 1.807) is 19.1 Å². The first-order chi connectivity index (χ1) is 9.90. The molecule has 0 spiro atoms. The number of hydrogen-bond donors (Lipinski definition) is 4. The largest absolute Gasteiger partial charge is 0.508 e. The summed E-state index contributed by atoms with van der Waals surface area (Å²) in [6.07, 6.45) is 0. The van der Waals surface area contributed by atoms with Crippen molar-refractivity contribution in [3.8, 4) is 23.3 Å². The average Bonchev–Trinajstić information content (AvgIpc) is 2.46. The maximum absolute atomic E-state index is 8.94. The fraction of sp³-hybridized carbons (Fsp3) is 0.214. The van der Waals surface area contributed by atoms with Gasteiger partial charge in [0.05, 0.1) is 25.6 Å². The molecule has 7 nitrogen and oxygen atoms in total. The first-order valence-electron chi connectivity index (χ1n) is 6.02. The number of ether oxygens (including phenoxy) is 2. The first-order valence-corrected chi connectivity index (χ1v) is 6.02. The molecular formula is C14H19N3O4. The van der Waals surface area contributed by atoms with E-state index in [0.717, 1.165) is 0 Å². The molecule has 0 aliphatic heterocycles. The second-order valence-electron chi connectivity index (χ2n) is 4.11. The maximum atomic E-state index is 8.94. The summed E-state index contributed by atoms with van der Waals surface area (Å²) in [6, 6.07) is 6.21. The van der Waals surface area contributed by atoms with Crippen LogP contribution in [0.25, 0.3) is 0 Å². The van der Waals surface area contributed by atoms with E-state index >= 15 is 0 Å². The van der Waals surface area contributed by atoms with Crippen molar-refractivity contribution in [3.63, 3.8) is 0 Å². The number of nitrogen functional groups attached to an aromatic ring is 2. The Labute approximate surface area is 122 Å². The van der Waals surface area contributed by atoms with Gasteiger partial charge in [0.2, 0.25) is 11.8 Å². The van der Waals surface area contributed by atoms with Crippen molar-refractivity contribution in [3.05, 3.63) is 29.8 Å². The van der Waals surface area contributed by atoms with E-state index in [1.165, 1.54) is 26.4 Å². The number of nitrogens with zero attached hydrogens (tertiary/aromatic N) is 1. The summed E-state index contributed by atoms with van der Waals surface area (Å²) in [5, 5.41) is 17.9. The molecular weight excluding hydrogens is 274 g/mol. The predicted octanol–water partition coefficient (Wildman–Crippen LogP) is 1.67. The lowest BCUT2D eigenvalue weighted by molar-refractivity contribution is 0.368. The van der Waals surface area contributed by atoms with E-state index < -0.39 is 0 Å². The number of aromatic nitrogens is 1. The number of hydrogen-bond acceptors (Lipinski definition) is 7. The van der Waals surface area contributed by atoms with Crippen molar-refractivity contribution in [2.24, 2.45) is 0 Å². The fourth-order valence-electron chi connectivity index (χ4n) is 1.45. The predicted molar refractivity (Wildman–Crippen MR) is 80.7 cm³/mol. The van der Waals surface area contributed by atoms with Gasteiger partial charge >= 0.3 is 0 Å². The van der Waals surface area contributed by atoms with Gasteiger partial charge in [-0.05, 0) is 25.1 Å². The highest BCUT2D eigenvalue weighted by Crippen LogP contribution is 2.27. The third-order valence-electron chi connectivity index (χ3n) is 2.67. The van der Waals surface area contributed by atoms with E-state index in [-0.39, 0.29) is 11.5 Å². The number of aromatic hydroxyl groups is 2. The van der Waals surface area contributed by atoms with Crippen molar-refractivity contribution in [2.75, 3.05) is 25.7 Å². The molecule has 0 amide bonds. The molecule has 2 aromatic rings. The van der Waals surface area contributed by atoms with Crippen molar-refractivity contribution in [1.29, 1.82) is 0 Å². The molecule has 0 unspecified atom stereocenters. The highest BCUT2D eigenvalue weighted by molar-refractivity contribution is 5.62. The standard InChI is InChI=1S/C7H11N3O2.C7H8O2/c1-11-6-4(8)3-5(9)7(10-6)12-2;1-5-6(8)3-2-4-7(5)9/h3H,8-9H2,1-2H3;2-4,8-9H,1H3. The van der Waals surface area contributed by atoms with Crippen molar-refractivity contribution in [2.45, 2.75) is 6.92 Å². The molecule has 0 bridgehead atoms. The van der Waals surface area contributed by atoms with Crippen LogP contribution in [-0.4, -0.2) is 29.4 Å². The smallest absolute Gasteiger partial charge is 0.240 e. The Balaban J connectivity index is 0.000000219. The average molecular weight is 293 g/mol. The molecule has 2 rings (SSSR count). The van der Waals surface area contributed by atoms with E-state index in [0.29, 0.717) is 28.7 Å². The number of pyridine rings is 1. The van der Waals surface area contributed by atoms with Crippen LogP contribution in [0.1, 0.15) is 5.56 Å². The van der Waals surface area contributed by atoms with Gasteiger partial charge < -0.3 is 31.2 Å². The van der Waals surface area contributed by atoms with Crippen LogP contribution >= 0.6 is 0 Å². The zero-order valence-corrected chi connectivity index (χ0v) is 12.1. The van der Waals surface area contributed by atoms with Crippen molar-refractivity contribution >= 4 is 11.4 Å². The van der Waals surface area contributed by atoms with E-state index in [2.05, 4.69) is 4.98 Å². The highest BCUT2D eigenvalue weighted by Gasteiger charge is 2.07. The Morgan fingerprint density at radius 1 is 0.952 bits per heavy atom. The second kappa shape index (κ2) is 7.09. The van der Waals surface area contributed by atoms with Gasteiger partial charge in [-0.2, -0.15) is 4.98 Å². The van der Waals surface area contributed by atoms with Gasteiger partial charge in [-0.25, -0.2) is 0 Å². The normalized spacial score (nSPS) is 9.48. The third-order valence-corrected chi connectivity index (χ3v) is 2.67. The minimum Gasteiger partial charge on any atom is -0.508 e. The van der Waals surface area contributed by atoms with E-state index in [9.17, 15) is 0 Å². The number of methoxy groups -OCH3 is 2. The van der Waals surface area contributed by atoms with Crippen LogP contribution in [-0.2, 0) is 0 Å². The number of benzene rings is 1. The molecule has 0 radical (unpaired) electrons. The molecule has 1 aromatic carbocycles. The third kappa shape index (κ3) is 4.07. The Hall–Kier alpha value is -2.83. The summed E-state index contributed by atoms with van der Waals surface area (Å²) in [5.41, 5.74) is 12.4. The number of rotatable bonds is 2. The molecule has 0 fully saturated rings. The number of nitrogens with two attached hydrogens (primary N) is 2. The van der Waals surface area contributed by atoms with Gasteiger partial charge in [-0.15, -0.1) is 0 Å². The van der Waals surface area contributed by atoms with Gasteiger partial charge in [0.15, 0.2) is 0 Å². The van der Waals surface area contributed by atoms with E-state index in [4.69, 9.17) is 31.2 Å². The van der Waals surface area contributed by atoms with Crippen LogP contribution in [0.3, 0.4) is 0 Å². The minimum absolute atomic E-state index is 0.134. The Bertz CT molecular complexity index is 572. The van der Waals surface area contributed by atoms with Crippen LogP contribution in [0.15, 0.2) is 24.3 Å². The zero-order chi connectivity index (χ0) is 16.0. The second-order valence-corrected chi connectivity index (χ2v) is 4.11. The van der Waals surface area contributed by atoms with Gasteiger partial charge in [0.25, 0.3) is 0 Å². The number of phenols is 2. The molecule has 0 saturated carbocycles. The molecule has 7 heteroatoms. The van der Waals surface area contributed by atoms with Gasteiger partial charge in [-0.1, -0.05) is 6.07 Å². The SMILES string of the molecule is COc1nc(OC)c(N)cc1N.Cc1c(O)cccc1O. The van der Waals surface area contributed by atoms with Gasteiger partial charge in [0, 0.05) is 5.56 Å². The summed E-state index contributed by atoms with van der Waals surface area (Å²) in [6.45, 7) is 1.66. The summed E-state index contributed by atoms with van der Waals surface area (Å²) in [7, 11) is 2.96. The molecule has 1 aromatic heterocycles. The fourth-order valence-corrected chi connectivity index (χ4v) is 1.45. The van der Waals surface area contributed by atoms with Crippen LogP contribution in [0.2, 0.25) is 0 Å². The quantitative estimate of drug-likeness (QED) is 0.663. The van der Waals surface area contributed by atoms with E-state index in [1.807, 2.05) is 0 Å². The summed E-state index contributed by atoms with van der Waals surface area (Å²) >= 11 is 0. The monoisotopic (exact) mass is 293 g/mol.